The Balaban J connectivity index is 3.96. The van der Waals surface area contributed by atoms with Gasteiger partial charge in [-0.05, 0) is 6.42 Å². The maximum atomic E-state index is 11.1. The van der Waals surface area contributed by atoms with Crippen LogP contribution in [0.5, 0.6) is 0 Å². The van der Waals surface area contributed by atoms with Crippen LogP contribution in [-0.2, 0) is 14.3 Å². The fourth-order valence-electron chi connectivity index (χ4n) is 0.937. The lowest BCUT2D eigenvalue weighted by Gasteiger charge is -1.97. The predicted octanol–water partition coefficient (Wildman–Crippen LogP) is 1.75. The second kappa shape index (κ2) is 7.12. The molecule has 0 aromatic heterocycles. The van der Waals surface area contributed by atoms with Crippen molar-refractivity contribution in [3.8, 4) is 0 Å². The number of methoxy groups -OCH3 is 1. The second-order valence-electron chi connectivity index (χ2n) is 2.94. The summed E-state index contributed by atoms with van der Waals surface area (Å²) in [6.07, 6.45) is 4.05. The zero-order valence-corrected chi connectivity index (χ0v) is 8.58. The van der Waals surface area contributed by atoms with Gasteiger partial charge < -0.3 is 9.84 Å². The Morgan fingerprint density at radius 1 is 1.36 bits per heavy atom. The van der Waals surface area contributed by atoms with Crippen molar-refractivity contribution in [2.75, 3.05) is 7.11 Å². The average Bonchev–Trinajstić information content (AvgIpc) is 2.16. The maximum Gasteiger partial charge on any atom is 0.373 e. The highest BCUT2D eigenvalue weighted by atomic mass is 16.5. The largest absolute Gasteiger partial charge is 0.502 e. The van der Waals surface area contributed by atoms with Gasteiger partial charge in [-0.3, -0.25) is 4.79 Å². The van der Waals surface area contributed by atoms with E-state index in [1.807, 2.05) is 6.92 Å². The normalized spacial score (nSPS) is 11.1. The number of aliphatic hydroxyl groups is 1. The molecule has 0 aliphatic heterocycles. The minimum Gasteiger partial charge on any atom is -0.502 e. The van der Waals surface area contributed by atoms with Crippen LogP contribution in [0.15, 0.2) is 11.8 Å². The summed E-state index contributed by atoms with van der Waals surface area (Å²) in [6, 6.07) is 0. The molecule has 0 amide bonds. The van der Waals surface area contributed by atoms with Crippen LogP contribution in [0.2, 0.25) is 0 Å². The molecular formula is C10H16O4. The highest BCUT2D eigenvalue weighted by Gasteiger charge is 2.08. The van der Waals surface area contributed by atoms with Crippen molar-refractivity contribution in [2.24, 2.45) is 0 Å². The second-order valence-corrected chi connectivity index (χ2v) is 2.94. The quantitative estimate of drug-likeness (QED) is 0.307. The first-order valence-electron chi connectivity index (χ1n) is 4.63. The molecule has 0 saturated heterocycles. The van der Waals surface area contributed by atoms with Crippen LogP contribution in [0.4, 0.5) is 0 Å². The summed E-state index contributed by atoms with van der Waals surface area (Å²) in [5.74, 6) is -1.76. The maximum absolute atomic E-state index is 11.1. The van der Waals surface area contributed by atoms with Gasteiger partial charge in [-0.25, -0.2) is 4.79 Å². The molecule has 0 unspecified atom stereocenters. The van der Waals surface area contributed by atoms with Gasteiger partial charge in [0.05, 0.1) is 7.11 Å². The average molecular weight is 200 g/mol. The molecule has 0 spiro atoms. The van der Waals surface area contributed by atoms with Crippen LogP contribution in [-0.4, -0.2) is 24.0 Å². The molecule has 4 nitrogen and oxygen atoms in total. The fraction of sp³-hybridized carbons (Fsp3) is 0.600. The van der Waals surface area contributed by atoms with Crippen molar-refractivity contribution in [3.63, 3.8) is 0 Å². The van der Waals surface area contributed by atoms with E-state index in [-0.39, 0.29) is 5.78 Å². The smallest absolute Gasteiger partial charge is 0.373 e. The molecular weight excluding hydrogens is 184 g/mol. The van der Waals surface area contributed by atoms with Gasteiger partial charge >= 0.3 is 5.97 Å². The lowest BCUT2D eigenvalue weighted by atomic mass is 10.1. The summed E-state index contributed by atoms with van der Waals surface area (Å²) in [7, 11) is 1.15. The molecule has 0 saturated carbocycles. The van der Waals surface area contributed by atoms with Gasteiger partial charge in [-0.2, -0.15) is 0 Å². The van der Waals surface area contributed by atoms with E-state index in [0.29, 0.717) is 6.42 Å². The van der Waals surface area contributed by atoms with Gasteiger partial charge in [0.25, 0.3) is 0 Å². The summed E-state index contributed by atoms with van der Waals surface area (Å²) in [6.45, 7) is 2.03. The number of carbonyl (C=O) groups is 2. The fourth-order valence-corrected chi connectivity index (χ4v) is 0.937. The van der Waals surface area contributed by atoms with Crippen LogP contribution in [0, 0.1) is 0 Å². The molecule has 0 aromatic carbocycles. The summed E-state index contributed by atoms with van der Waals surface area (Å²) < 4.78 is 4.23. The van der Waals surface area contributed by atoms with E-state index >= 15 is 0 Å². The molecule has 0 radical (unpaired) electrons. The van der Waals surface area contributed by atoms with Crippen LogP contribution >= 0.6 is 0 Å². The Kier molecular flexibility index (Phi) is 6.45. The molecule has 80 valence electrons. The van der Waals surface area contributed by atoms with E-state index in [4.69, 9.17) is 5.11 Å². The highest BCUT2D eigenvalue weighted by molar-refractivity contribution is 5.97. The standard InChI is InChI=1S/C10H16O4/c1-3-4-5-6-8(11)7-9(12)10(13)14-2/h7,12H,3-6H2,1-2H3/b9-7-. The summed E-state index contributed by atoms with van der Waals surface area (Å²) in [4.78, 5) is 21.8. The summed E-state index contributed by atoms with van der Waals surface area (Å²) >= 11 is 0. The van der Waals surface area contributed by atoms with E-state index in [0.717, 1.165) is 32.4 Å². The van der Waals surface area contributed by atoms with E-state index in [9.17, 15) is 9.59 Å². The number of carbonyl (C=O) groups excluding carboxylic acids is 2. The molecule has 4 heteroatoms. The molecule has 0 rings (SSSR count). The highest BCUT2D eigenvalue weighted by Crippen LogP contribution is 2.02. The lowest BCUT2D eigenvalue weighted by molar-refractivity contribution is -0.139. The Morgan fingerprint density at radius 2 is 2.00 bits per heavy atom. The number of ether oxygens (including phenoxy) is 1. The molecule has 1 N–H and O–H groups in total. The Bertz CT molecular complexity index is 230. The third-order valence-electron chi connectivity index (χ3n) is 1.72. The zero-order valence-electron chi connectivity index (χ0n) is 8.58. The topological polar surface area (TPSA) is 63.6 Å². The monoisotopic (exact) mass is 200 g/mol. The van der Waals surface area contributed by atoms with E-state index < -0.39 is 11.7 Å². The van der Waals surface area contributed by atoms with Crippen LogP contribution < -0.4 is 0 Å². The van der Waals surface area contributed by atoms with E-state index in [1.54, 1.807) is 0 Å². The Labute approximate surface area is 83.6 Å². The van der Waals surface area contributed by atoms with Gasteiger partial charge in [0.1, 0.15) is 0 Å². The molecule has 0 atom stereocenters. The molecule has 0 heterocycles. The summed E-state index contributed by atoms with van der Waals surface area (Å²) in [5, 5.41) is 9.01. The van der Waals surface area contributed by atoms with Crippen LogP contribution in [0.3, 0.4) is 0 Å². The number of allylic oxidation sites excluding steroid dienone is 1. The predicted molar refractivity (Wildman–Crippen MR) is 51.9 cm³/mol. The third-order valence-corrected chi connectivity index (χ3v) is 1.72. The Hall–Kier alpha value is -1.32. The number of hydrogen-bond donors (Lipinski definition) is 1. The van der Waals surface area contributed by atoms with Gasteiger partial charge in [-0.15, -0.1) is 0 Å². The Morgan fingerprint density at radius 3 is 2.50 bits per heavy atom. The van der Waals surface area contributed by atoms with E-state index in [2.05, 4.69) is 4.74 Å². The number of aliphatic hydroxyl groups excluding tert-OH is 1. The number of esters is 1. The third kappa shape index (κ3) is 5.35. The molecule has 0 aliphatic rings. The number of hydrogen-bond acceptors (Lipinski definition) is 4. The zero-order chi connectivity index (χ0) is 11.0. The van der Waals surface area contributed by atoms with Crippen molar-refractivity contribution >= 4 is 11.8 Å². The molecule has 14 heavy (non-hydrogen) atoms. The van der Waals surface area contributed by atoms with Gasteiger partial charge in [-0.1, -0.05) is 19.8 Å². The first kappa shape index (κ1) is 12.7. The number of ketones is 1. The first-order chi connectivity index (χ1) is 6.61. The van der Waals surface area contributed by atoms with Gasteiger partial charge in [0, 0.05) is 12.5 Å². The van der Waals surface area contributed by atoms with Crippen molar-refractivity contribution < 1.29 is 19.4 Å². The minimum atomic E-state index is -0.881. The van der Waals surface area contributed by atoms with Crippen molar-refractivity contribution in [2.45, 2.75) is 32.6 Å². The lowest BCUT2D eigenvalue weighted by Crippen LogP contribution is -2.06. The molecule has 0 bridgehead atoms. The SMILES string of the molecule is CCCCCC(=O)/C=C(\O)C(=O)OC. The van der Waals surface area contributed by atoms with Crippen molar-refractivity contribution in [1.82, 2.24) is 0 Å². The minimum absolute atomic E-state index is 0.249. The van der Waals surface area contributed by atoms with Crippen molar-refractivity contribution in [1.29, 1.82) is 0 Å². The number of rotatable bonds is 6. The van der Waals surface area contributed by atoms with E-state index in [1.165, 1.54) is 0 Å². The molecule has 0 aromatic rings. The molecule has 0 aliphatic carbocycles. The first-order valence-corrected chi connectivity index (χ1v) is 4.63. The van der Waals surface area contributed by atoms with Gasteiger partial charge in [0.2, 0.25) is 5.76 Å². The molecule has 0 fully saturated rings. The van der Waals surface area contributed by atoms with Crippen molar-refractivity contribution in [3.05, 3.63) is 11.8 Å². The van der Waals surface area contributed by atoms with Crippen LogP contribution in [0.1, 0.15) is 32.6 Å². The number of unbranched alkanes of at least 4 members (excludes halogenated alkanes) is 2. The van der Waals surface area contributed by atoms with Crippen LogP contribution in [0.25, 0.3) is 0 Å². The summed E-state index contributed by atoms with van der Waals surface area (Å²) in [5.41, 5.74) is 0. The van der Waals surface area contributed by atoms with Gasteiger partial charge in [0.15, 0.2) is 5.78 Å².